The second-order valence-corrected chi connectivity index (χ2v) is 7.68. The van der Waals surface area contributed by atoms with E-state index < -0.39 is 0 Å². The van der Waals surface area contributed by atoms with Crippen molar-refractivity contribution in [3.05, 3.63) is 95.1 Å². The van der Waals surface area contributed by atoms with Gasteiger partial charge in [-0.05, 0) is 68.6 Å². The van der Waals surface area contributed by atoms with Gasteiger partial charge in [0.25, 0.3) is 0 Å². The van der Waals surface area contributed by atoms with Crippen molar-refractivity contribution in [3.63, 3.8) is 0 Å². The van der Waals surface area contributed by atoms with Gasteiger partial charge < -0.3 is 0 Å². The molecule has 0 unspecified atom stereocenters. The zero-order valence-electron chi connectivity index (χ0n) is 15.8. The van der Waals surface area contributed by atoms with E-state index in [9.17, 15) is 0 Å². The summed E-state index contributed by atoms with van der Waals surface area (Å²) in [7, 11) is 0. The van der Waals surface area contributed by atoms with E-state index in [1.807, 2.05) is 0 Å². The van der Waals surface area contributed by atoms with Gasteiger partial charge in [0.1, 0.15) is 0 Å². The Hall–Kier alpha value is -2.86. The smallest absolute Gasteiger partial charge is 0.00134 e. The predicted octanol–water partition coefficient (Wildman–Crippen LogP) is 7.43. The Morgan fingerprint density at radius 2 is 1.63 bits per heavy atom. The fourth-order valence-electron chi connectivity index (χ4n) is 4.44. The molecule has 132 valence electrons. The molecule has 0 heteroatoms. The molecule has 0 amide bonds. The second kappa shape index (κ2) is 6.70. The van der Waals surface area contributed by atoms with Crippen molar-refractivity contribution in [2.24, 2.45) is 0 Å². The summed E-state index contributed by atoms with van der Waals surface area (Å²) in [4.78, 5) is 0. The van der Waals surface area contributed by atoms with E-state index in [1.165, 1.54) is 62.2 Å². The molecule has 0 heterocycles. The zero-order chi connectivity index (χ0) is 18.2. The largest absolute Gasteiger partial charge is 0.0654 e. The summed E-state index contributed by atoms with van der Waals surface area (Å²) in [5.74, 6) is 0. The highest BCUT2D eigenvalue weighted by atomic mass is 14.2. The molecule has 0 fully saturated rings. The molecule has 27 heavy (non-hydrogen) atoms. The fourth-order valence-corrected chi connectivity index (χ4v) is 4.44. The lowest BCUT2D eigenvalue weighted by Gasteiger charge is -2.14. The molecule has 1 aliphatic carbocycles. The lowest BCUT2D eigenvalue weighted by molar-refractivity contribution is 0.795. The lowest BCUT2D eigenvalue weighted by Crippen LogP contribution is -1.94. The van der Waals surface area contributed by atoms with Crippen molar-refractivity contribution < 1.29 is 0 Å². The minimum Gasteiger partial charge on any atom is -0.0654 e. The summed E-state index contributed by atoms with van der Waals surface area (Å²) < 4.78 is 0. The molecule has 0 spiro atoms. The highest BCUT2D eigenvalue weighted by molar-refractivity contribution is 6.14. The summed E-state index contributed by atoms with van der Waals surface area (Å²) in [5.41, 5.74) is 7.16. The van der Waals surface area contributed by atoms with Gasteiger partial charge in [0.2, 0.25) is 0 Å². The molecule has 0 radical (unpaired) electrons. The van der Waals surface area contributed by atoms with Gasteiger partial charge in [0.05, 0.1) is 0 Å². The molecule has 0 saturated carbocycles. The Morgan fingerprint density at radius 1 is 0.815 bits per heavy atom. The molecular formula is C27H24. The molecule has 0 atom stereocenters. The molecule has 0 bridgehead atoms. The molecule has 0 aliphatic heterocycles. The number of unbranched alkanes of at least 4 members (excludes halogenated alkanes) is 1. The Bertz CT molecular complexity index is 1180. The highest BCUT2D eigenvalue weighted by Crippen LogP contribution is 2.38. The summed E-state index contributed by atoms with van der Waals surface area (Å²) in [6.07, 6.45) is 7.07. The number of hydrogen-bond donors (Lipinski definition) is 0. The van der Waals surface area contributed by atoms with Crippen LogP contribution < -0.4 is 0 Å². The van der Waals surface area contributed by atoms with E-state index in [0.29, 0.717) is 0 Å². The standard InChI is InChI=1S/C27H24/c1-2-3-8-19-15-23-14-13-20-9-6-7-12-25(20)27(23)26(16-19)24-17-21-10-4-5-11-22(21)18-24/h4-7,9-17H,2-3,8,18H2,1H3. The van der Waals surface area contributed by atoms with Crippen LogP contribution in [0.15, 0.2) is 72.8 Å². The molecule has 1 aliphatic rings. The monoisotopic (exact) mass is 348 g/mol. The minimum atomic E-state index is 1.03. The fraction of sp³-hybridized carbons (Fsp3) is 0.185. The van der Waals surface area contributed by atoms with E-state index >= 15 is 0 Å². The van der Waals surface area contributed by atoms with Crippen molar-refractivity contribution in [1.82, 2.24) is 0 Å². The average molecular weight is 348 g/mol. The lowest BCUT2D eigenvalue weighted by atomic mass is 9.90. The van der Waals surface area contributed by atoms with Crippen LogP contribution in [0.4, 0.5) is 0 Å². The van der Waals surface area contributed by atoms with Crippen LogP contribution >= 0.6 is 0 Å². The third-order valence-electron chi connectivity index (χ3n) is 5.83. The molecule has 0 nitrogen and oxygen atoms in total. The van der Waals surface area contributed by atoms with Gasteiger partial charge in [0.15, 0.2) is 0 Å². The van der Waals surface area contributed by atoms with E-state index in [-0.39, 0.29) is 0 Å². The molecule has 5 rings (SSSR count). The maximum absolute atomic E-state index is 2.46. The Balaban J connectivity index is 1.77. The van der Waals surface area contributed by atoms with Crippen molar-refractivity contribution in [3.8, 4) is 0 Å². The van der Waals surface area contributed by atoms with Crippen molar-refractivity contribution in [2.75, 3.05) is 0 Å². The van der Waals surface area contributed by atoms with Gasteiger partial charge in [-0.1, -0.05) is 92.2 Å². The van der Waals surface area contributed by atoms with Crippen LogP contribution in [0.5, 0.6) is 0 Å². The summed E-state index contributed by atoms with van der Waals surface area (Å²) in [6, 6.07) is 27.0. The molecule has 4 aromatic carbocycles. The van der Waals surface area contributed by atoms with Gasteiger partial charge in [-0.25, -0.2) is 0 Å². The van der Waals surface area contributed by atoms with Gasteiger partial charge in [-0.15, -0.1) is 0 Å². The van der Waals surface area contributed by atoms with Crippen LogP contribution in [0.1, 0.15) is 42.0 Å². The Morgan fingerprint density at radius 3 is 2.52 bits per heavy atom. The van der Waals surface area contributed by atoms with Crippen LogP contribution in [0, 0.1) is 0 Å². The Labute approximate surface area is 161 Å². The number of fused-ring (bicyclic) bond motifs is 4. The van der Waals surface area contributed by atoms with Gasteiger partial charge >= 0.3 is 0 Å². The number of hydrogen-bond acceptors (Lipinski definition) is 0. The van der Waals surface area contributed by atoms with E-state index in [2.05, 4.69) is 85.8 Å². The van der Waals surface area contributed by atoms with Crippen molar-refractivity contribution >= 4 is 33.2 Å². The van der Waals surface area contributed by atoms with Crippen LogP contribution in [-0.2, 0) is 12.8 Å². The quantitative estimate of drug-likeness (QED) is 0.336. The molecule has 0 aromatic heterocycles. The minimum absolute atomic E-state index is 1.03. The number of aryl methyl sites for hydroxylation is 1. The number of rotatable bonds is 4. The number of benzene rings is 4. The molecular weight excluding hydrogens is 324 g/mol. The predicted molar refractivity (Wildman–Crippen MR) is 118 cm³/mol. The maximum atomic E-state index is 2.46. The van der Waals surface area contributed by atoms with E-state index in [0.717, 1.165) is 12.8 Å². The molecule has 4 aromatic rings. The first-order chi connectivity index (χ1) is 13.3. The first-order valence-electron chi connectivity index (χ1n) is 10.1. The van der Waals surface area contributed by atoms with Crippen LogP contribution in [0.2, 0.25) is 0 Å². The third kappa shape index (κ3) is 2.86. The van der Waals surface area contributed by atoms with E-state index in [4.69, 9.17) is 0 Å². The summed E-state index contributed by atoms with van der Waals surface area (Å²) in [5, 5.41) is 5.47. The average Bonchev–Trinajstić information content (AvgIpc) is 3.15. The van der Waals surface area contributed by atoms with Crippen molar-refractivity contribution in [2.45, 2.75) is 32.6 Å². The summed E-state index contributed by atoms with van der Waals surface area (Å²) in [6.45, 7) is 2.27. The third-order valence-corrected chi connectivity index (χ3v) is 5.83. The van der Waals surface area contributed by atoms with Crippen molar-refractivity contribution in [1.29, 1.82) is 0 Å². The van der Waals surface area contributed by atoms with Gasteiger partial charge in [0, 0.05) is 0 Å². The van der Waals surface area contributed by atoms with Gasteiger partial charge in [-0.2, -0.15) is 0 Å². The number of allylic oxidation sites excluding steroid dienone is 1. The topological polar surface area (TPSA) is 0 Å². The highest BCUT2D eigenvalue weighted by Gasteiger charge is 2.17. The van der Waals surface area contributed by atoms with Gasteiger partial charge in [-0.3, -0.25) is 0 Å². The SMILES string of the molecule is CCCCc1cc(C2=Cc3ccccc3C2)c2c(ccc3ccccc32)c1. The maximum Gasteiger partial charge on any atom is -0.00134 e. The first-order valence-corrected chi connectivity index (χ1v) is 10.1. The molecule has 0 saturated heterocycles. The normalized spacial score (nSPS) is 13.1. The zero-order valence-corrected chi connectivity index (χ0v) is 15.8. The first kappa shape index (κ1) is 16.3. The van der Waals surface area contributed by atoms with Crippen LogP contribution in [-0.4, -0.2) is 0 Å². The molecule has 0 N–H and O–H groups in total. The van der Waals surface area contributed by atoms with Crippen LogP contribution in [0.25, 0.3) is 33.2 Å². The second-order valence-electron chi connectivity index (χ2n) is 7.68. The Kier molecular flexibility index (Phi) is 4.05. The summed E-state index contributed by atoms with van der Waals surface area (Å²) >= 11 is 0. The van der Waals surface area contributed by atoms with E-state index in [1.54, 1.807) is 0 Å². The van der Waals surface area contributed by atoms with Crippen LogP contribution in [0.3, 0.4) is 0 Å².